The number of hydrogen-bond acceptors (Lipinski definition) is 1. The maximum absolute atomic E-state index is 13.4. The van der Waals surface area contributed by atoms with Crippen molar-refractivity contribution in [3.05, 3.63) is 18.2 Å². The molecule has 0 spiro atoms. The Morgan fingerprint density at radius 1 is 1.47 bits per heavy atom. The lowest BCUT2D eigenvalue weighted by Gasteiger charge is -2.20. The van der Waals surface area contributed by atoms with Gasteiger partial charge in [0.05, 0.1) is 6.54 Å². The summed E-state index contributed by atoms with van der Waals surface area (Å²) in [7, 11) is -0.368. The molecule has 2 atom stereocenters. The predicted molar refractivity (Wildman–Crippen MR) is 69.4 cm³/mol. The van der Waals surface area contributed by atoms with Gasteiger partial charge in [0.2, 0.25) is 0 Å². The predicted octanol–water partition coefficient (Wildman–Crippen LogP) is 4.08. The van der Waals surface area contributed by atoms with Crippen molar-refractivity contribution in [2.75, 3.05) is 6.66 Å². The van der Waals surface area contributed by atoms with Crippen LogP contribution in [-0.2, 0) is 6.54 Å². The van der Waals surface area contributed by atoms with Crippen LogP contribution in [0, 0.1) is 0 Å². The fourth-order valence-corrected chi connectivity index (χ4v) is 2.30. The molecule has 0 aliphatic heterocycles. The van der Waals surface area contributed by atoms with Gasteiger partial charge in [-0.05, 0) is 28.1 Å². The zero-order valence-corrected chi connectivity index (χ0v) is 11.7. The average molecular weight is 262 g/mol. The van der Waals surface area contributed by atoms with Crippen LogP contribution in [0.25, 0.3) is 0 Å². The minimum atomic E-state index is -2.61. The van der Waals surface area contributed by atoms with Crippen LogP contribution < -0.4 is 0 Å². The van der Waals surface area contributed by atoms with Gasteiger partial charge in [0, 0.05) is 18.3 Å². The molecule has 5 heteroatoms. The van der Waals surface area contributed by atoms with Gasteiger partial charge in [-0.2, -0.15) is 0 Å². The Kier molecular flexibility index (Phi) is 5.51. The monoisotopic (exact) mass is 262 g/mol. The van der Waals surface area contributed by atoms with Gasteiger partial charge in [-0.25, -0.2) is 13.8 Å². The van der Waals surface area contributed by atoms with Crippen LogP contribution >= 0.6 is 8.58 Å². The lowest BCUT2D eigenvalue weighted by atomic mass is 10.00. The number of alkyl halides is 2. The lowest BCUT2D eigenvalue weighted by molar-refractivity contribution is 0.0798. The Morgan fingerprint density at radius 2 is 2.18 bits per heavy atom. The van der Waals surface area contributed by atoms with Crippen molar-refractivity contribution in [1.82, 2.24) is 9.55 Å². The number of rotatable bonds is 7. The van der Waals surface area contributed by atoms with Crippen LogP contribution in [-0.4, -0.2) is 21.9 Å². The van der Waals surface area contributed by atoms with E-state index in [2.05, 4.69) is 18.8 Å². The summed E-state index contributed by atoms with van der Waals surface area (Å²) in [6, 6.07) is 0. The Labute approximate surface area is 104 Å². The second kappa shape index (κ2) is 6.44. The first-order chi connectivity index (χ1) is 8.04. The molecule has 1 aromatic rings. The molecule has 1 aromatic heterocycles. The Balaban J connectivity index is 2.84. The summed E-state index contributed by atoms with van der Waals surface area (Å²) >= 11 is 0. The van der Waals surface area contributed by atoms with Crippen LogP contribution in [0.3, 0.4) is 0 Å². The molecule has 0 aliphatic carbocycles. The number of halogens is 2. The first-order valence-corrected chi connectivity index (χ1v) is 7.61. The molecule has 0 aliphatic rings. The highest BCUT2D eigenvalue weighted by Gasteiger charge is 2.28. The molecule has 17 heavy (non-hydrogen) atoms. The first kappa shape index (κ1) is 14.6. The highest BCUT2D eigenvalue weighted by Crippen LogP contribution is 2.35. The summed E-state index contributed by atoms with van der Waals surface area (Å²) in [5, 5.41) is 0. The van der Waals surface area contributed by atoms with Crippen LogP contribution in [0.1, 0.15) is 44.9 Å². The van der Waals surface area contributed by atoms with Crippen LogP contribution in [0.4, 0.5) is 8.78 Å². The van der Waals surface area contributed by atoms with Gasteiger partial charge in [-0.1, -0.05) is 20.3 Å². The van der Waals surface area contributed by atoms with E-state index in [1.807, 2.05) is 0 Å². The molecule has 0 aromatic carbocycles. The first-order valence-electron chi connectivity index (χ1n) is 6.11. The second-order valence-electron chi connectivity index (χ2n) is 4.26. The number of aromatic nitrogens is 2. The summed E-state index contributed by atoms with van der Waals surface area (Å²) in [4.78, 5) is 4.26. The van der Waals surface area contributed by atoms with Gasteiger partial charge < -0.3 is 4.57 Å². The molecule has 0 radical (unpaired) electrons. The summed E-state index contributed by atoms with van der Waals surface area (Å²) in [6.45, 7) is 5.49. The molecule has 1 heterocycles. The summed E-state index contributed by atoms with van der Waals surface area (Å²) in [5.41, 5.74) is -2.61. The Bertz CT molecular complexity index is 339. The highest BCUT2D eigenvalue weighted by atomic mass is 31.1. The summed E-state index contributed by atoms with van der Waals surface area (Å²) in [5.74, 6) is 1.11. The van der Waals surface area contributed by atoms with E-state index in [1.54, 1.807) is 23.6 Å². The summed E-state index contributed by atoms with van der Waals surface area (Å²) in [6.07, 6.45) is 6.31. The molecule has 0 fully saturated rings. The molecular weight excluding hydrogens is 241 g/mol. The Morgan fingerprint density at radius 3 is 2.71 bits per heavy atom. The molecule has 0 N–H and O–H groups in total. The third kappa shape index (κ3) is 4.02. The van der Waals surface area contributed by atoms with Gasteiger partial charge in [0.1, 0.15) is 5.82 Å². The zero-order chi connectivity index (χ0) is 12.9. The van der Waals surface area contributed by atoms with Crippen molar-refractivity contribution in [3.63, 3.8) is 0 Å². The third-order valence-electron chi connectivity index (χ3n) is 2.98. The number of imidazole rings is 1. The van der Waals surface area contributed by atoms with E-state index in [-0.39, 0.29) is 15.1 Å². The quantitative estimate of drug-likeness (QED) is 0.677. The van der Waals surface area contributed by atoms with E-state index in [1.165, 1.54) is 0 Å². The van der Waals surface area contributed by atoms with E-state index in [4.69, 9.17) is 0 Å². The van der Waals surface area contributed by atoms with Crippen LogP contribution in [0.15, 0.2) is 12.4 Å². The molecule has 0 amide bonds. The molecule has 1 rings (SSSR count). The minimum Gasteiger partial charge on any atom is -0.328 e. The van der Waals surface area contributed by atoms with Gasteiger partial charge in [-0.15, -0.1) is 0 Å². The molecule has 0 bridgehead atoms. The molecular formula is C12H21F2N2P. The topological polar surface area (TPSA) is 17.8 Å². The van der Waals surface area contributed by atoms with Gasteiger partial charge in [-0.3, -0.25) is 0 Å². The summed E-state index contributed by atoms with van der Waals surface area (Å²) < 4.78 is 28.5. The fraction of sp³-hybridized carbons (Fsp3) is 0.750. The number of nitrogens with zero attached hydrogens (tertiary/aromatic N) is 2. The van der Waals surface area contributed by atoms with Gasteiger partial charge in [0.25, 0.3) is 5.66 Å². The molecule has 2 nitrogen and oxygen atoms in total. The second-order valence-corrected chi connectivity index (χ2v) is 5.49. The van der Waals surface area contributed by atoms with E-state index < -0.39 is 5.66 Å². The standard InChI is InChI=1S/C12H21F2N2P/c1-4-6-10(5-2)11-15-7-8-16(11)9-12(13,14)17-3/h7-8,10,17H,4-6,9H2,1-3H3. The number of hydrogen-bond donors (Lipinski definition) is 0. The lowest BCUT2D eigenvalue weighted by Crippen LogP contribution is -2.20. The van der Waals surface area contributed by atoms with E-state index in [0.717, 1.165) is 25.1 Å². The minimum absolute atomic E-state index is 0.239. The Hall–Kier alpha value is -0.500. The SMILES string of the molecule is CCCC(CC)c1nccn1CC(F)(F)PC. The van der Waals surface area contributed by atoms with Crippen LogP contribution in [0.5, 0.6) is 0 Å². The van der Waals surface area contributed by atoms with Crippen LogP contribution in [0.2, 0.25) is 0 Å². The molecule has 98 valence electrons. The maximum Gasteiger partial charge on any atom is 0.278 e. The van der Waals surface area contributed by atoms with Gasteiger partial charge in [0.15, 0.2) is 0 Å². The van der Waals surface area contributed by atoms with E-state index in [9.17, 15) is 8.78 Å². The molecule has 0 saturated heterocycles. The van der Waals surface area contributed by atoms with Crippen molar-refractivity contribution in [3.8, 4) is 0 Å². The highest BCUT2D eigenvalue weighted by molar-refractivity contribution is 7.38. The van der Waals surface area contributed by atoms with E-state index in [0.29, 0.717) is 5.92 Å². The van der Waals surface area contributed by atoms with E-state index >= 15 is 0 Å². The zero-order valence-electron chi connectivity index (χ0n) is 10.7. The normalized spacial score (nSPS) is 14.6. The smallest absolute Gasteiger partial charge is 0.278 e. The van der Waals surface area contributed by atoms with Crippen molar-refractivity contribution in [1.29, 1.82) is 0 Å². The average Bonchev–Trinajstić information content (AvgIpc) is 2.73. The van der Waals surface area contributed by atoms with Crippen molar-refractivity contribution < 1.29 is 8.78 Å². The van der Waals surface area contributed by atoms with Crippen molar-refractivity contribution in [2.24, 2.45) is 0 Å². The van der Waals surface area contributed by atoms with Gasteiger partial charge >= 0.3 is 0 Å². The third-order valence-corrected chi connectivity index (χ3v) is 3.87. The largest absolute Gasteiger partial charge is 0.328 e. The molecule has 2 unspecified atom stereocenters. The maximum atomic E-state index is 13.4. The molecule has 0 saturated carbocycles. The van der Waals surface area contributed by atoms with Crippen molar-refractivity contribution in [2.45, 2.75) is 51.2 Å². The van der Waals surface area contributed by atoms with Crippen molar-refractivity contribution >= 4 is 8.58 Å². The fourth-order valence-electron chi connectivity index (χ4n) is 1.97.